The van der Waals surface area contributed by atoms with E-state index >= 15 is 0 Å². The quantitative estimate of drug-likeness (QED) is 0.636. The Labute approximate surface area is 141 Å². The fourth-order valence-electron chi connectivity index (χ4n) is 3.02. The first kappa shape index (κ1) is 14.4. The van der Waals surface area contributed by atoms with Gasteiger partial charge in [-0.3, -0.25) is 14.9 Å². The minimum atomic E-state index is -1.20. The van der Waals surface area contributed by atoms with E-state index in [0.29, 0.717) is 21.5 Å². The molecule has 1 saturated heterocycles. The smallest absolute Gasteiger partial charge is 0.243 e. The molecule has 114 valence electrons. The zero-order valence-electron chi connectivity index (χ0n) is 11.6. The molecule has 2 unspecified atom stereocenters. The lowest BCUT2D eigenvalue weighted by Gasteiger charge is -2.28. The number of imide groups is 1. The zero-order valence-corrected chi connectivity index (χ0v) is 13.1. The molecule has 1 fully saturated rings. The van der Waals surface area contributed by atoms with Gasteiger partial charge in [-0.25, -0.2) is 9.97 Å². The van der Waals surface area contributed by atoms with E-state index in [9.17, 15) is 9.59 Å². The molecule has 23 heavy (non-hydrogen) atoms. The maximum Gasteiger partial charge on any atom is 0.243 e. The van der Waals surface area contributed by atoms with Gasteiger partial charge in [-0.15, -0.1) is 0 Å². The molecule has 4 rings (SSSR count). The van der Waals surface area contributed by atoms with Crippen molar-refractivity contribution < 1.29 is 9.59 Å². The van der Waals surface area contributed by atoms with E-state index in [1.807, 2.05) is 0 Å². The van der Waals surface area contributed by atoms with Gasteiger partial charge in [0.2, 0.25) is 11.8 Å². The number of allylic oxidation sites excluding steroid dienone is 2. The van der Waals surface area contributed by atoms with Crippen molar-refractivity contribution >= 4 is 46.0 Å². The number of pyridine rings is 2. The van der Waals surface area contributed by atoms with Crippen LogP contribution in [0.5, 0.6) is 0 Å². The van der Waals surface area contributed by atoms with Crippen LogP contribution in [0.1, 0.15) is 5.69 Å². The van der Waals surface area contributed by atoms with E-state index < -0.39 is 23.1 Å². The summed E-state index contributed by atoms with van der Waals surface area (Å²) in [7, 11) is 0. The third-order valence-corrected chi connectivity index (χ3v) is 4.62. The van der Waals surface area contributed by atoms with Gasteiger partial charge in [-0.05, 0) is 30.3 Å². The van der Waals surface area contributed by atoms with Crippen molar-refractivity contribution in [2.24, 2.45) is 5.92 Å². The lowest BCUT2D eigenvalue weighted by molar-refractivity contribution is -0.126. The first-order chi connectivity index (χ1) is 11.0. The first-order valence-electron chi connectivity index (χ1n) is 6.86. The molecule has 2 atom stereocenters. The van der Waals surface area contributed by atoms with Crippen molar-refractivity contribution in [2.45, 2.75) is 5.41 Å². The Balaban J connectivity index is 1.96. The standard InChI is InChI=1S/C16H9Cl2N3O2/c17-9-5-6-16(10(7-9)14(22)21-15(16)23)11-3-1-8-2-4-12(18)20-13(8)19-11/h1-7,10H,(H,21,22,23). The van der Waals surface area contributed by atoms with Crippen LogP contribution in [0.3, 0.4) is 0 Å². The Bertz CT molecular complexity index is 938. The summed E-state index contributed by atoms with van der Waals surface area (Å²) in [5, 5.41) is 3.88. The molecule has 0 saturated carbocycles. The zero-order chi connectivity index (χ0) is 16.2. The van der Waals surface area contributed by atoms with Crippen LogP contribution in [0.15, 0.2) is 47.5 Å². The number of rotatable bonds is 1. The third kappa shape index (κ3) is 2.00. The second kappa shape index (κ2) is 4.88. The van der Waals surface area contributed by atoms with Crippen molar-refractivity contribution in [3.63, 3.8) is 0 Å². The van der Waals surface area contributed by atoms with Gasteiger partial charge >= 0.3 is 0 Å². The molecule has 0 aromatic carbocycles. The van der Waals surface area contributed by atoms with Crippen molar-refractivity contribution in [1.82, 2.24) is 15.3 Å². The molecule has 0 radical (unpaired) electrons. The average Bonchev–Trinajstić information content (AvgIpc) is 2.78. The number of amides is 2. The molecule has 0 bridgehead atoms. The maximum atomic E-state index is 12.5. The minimum absolute atomic E-state index is 0.310. The largest absolute Gasteiger partial charge is 0.295 e. The van der Waals surface area contributed by atoms with Gasteiger partial charge < -0.3 is 0 Å². The van der Waals surface area contributed by atoms with Crippen molar-refractivity contribution in [3.8, 4) is 0 Å². The summed E-state index contributed by atoms with van der Waals surface area (Å²) in [5.74, 6) is -1.53. The Morgan fingerprint density at radius 1 is 1.09 bits per heavy atom. The van der Waals surface area contributed by atoms with Crippen LogP contribution in [-0.4, -0.2) is 21.8 Å². The molecule has 0 spiro atoms. The average molecular weight is 346 g/mol. The monoisotopic (exact) mass is 345 g/mol. The van der Waals surface area contributed by atoms with Gasteiger partial charge in [0.25, 0.3) is 0 Å². The first-order valence-corrected chi connectivity index (χ1v) is 7.62. The SMILES string of the molecule is O=C1NC(=O)C2(c3ccc4ccc(Cl)nc4n3)C=CC(Cl)=CC12. The fraction of sp³-hybridized carbons (Fsp3) is 0.125. The normalized spacial score (nSPS) is 26.2. The summed E-state index contributed by atoms with van der Waals surface area (Å²) < 4.78 is 0. The summed E-state index contributed by atoms with van der Waals surface area (Å²) in [6, 6.07) is 6.99. The topological polar surface area (TPSA) is 72.0 Å². The van der Waals surface area contributed by atoms with Crippen molar-refractivity contribution in [2.75, 3.05) is 0 Å². The van der Waals surface area contributed by atoms with Crippen molar-refractivity contribution in [1.29, 1.82) is 0 Å². The van der Waals surface area contributed by atoms with E-state index in [2.05, 4.69) is 15.3 Å². The molecule has 2 aromatic rings. The van der Waals surface area contributed by atoms with Crippen LogP contribution in [0.2, 0.25) is 5.15 Å². The number of aromatic nitrogens is 2. The number of carbonyl (C=O) groups excluding carboxylic acids is 2. The number of hydrogen-bond acceptors (Lipinski definition) is 4. The summed E-state index contributed by atoms with van der Waals surface area (Å²) in [4.78, 5) is 33.3. The molecule has 2 aromatic heterocycles. The number of hydrogen-bond donors (Lipinski definition) is 1. The van der Waals surface area contributed by atoms with E-state index in [4.69, 9.17) is 23.2 Å². The summed E-state index contributed by atoms with van der Waals surface area (Å²) in [5.41, 5.74) is -0.345. The Hall–Kier alpha value is -2.24. The molecular formula is C16H9Cl2N3O2. The fourth-order valence-corrected chi connectivity index (χ4v) is 3.35. The molecule has 2 aliphatic rings. The Kier molecular flexibility index (Phi) is 3.04. The highest BCUT2D eigenvalue weighted by atomic mass is 35.5. The molecule has 3 heterocycles. The summed E-state index contributed by atoms with van der Waals surface area (Å²) in [6.07, 6.45) is 4.80. The predicted molar refractivity (Wildman–Crippen MR) is 85.9 cm³/mol. The molecule has 1 aliphatic heterocycles. The minimum Gasteiger partial charge on any atom is -0.295 e. The number of nitrogens with one attached hydrogen (secondary N) is 1. The lowest BCUT2D eigenvalue weighted by atomic mass is 9.71. The van der Waals surface area contributed by atoms with E-state index in [-0.39, 0.29) is 0 Å². The number of nitrogens with zero attached hydrogens (tertiary/aromatic N) is 2. The maximum absolute atomic E-state index is 12.5. The molecule has 1 N–H and O–H groups in total. The van der Waals surface area contributed by atoms with Gasteiger partial charge in [0.05, 0.1) is 11.6 Å². The number of fused-ring (bicyclic) bond motifs is 2. The molecule has 2 amide bonds. The van der Waals surface area contributed by atoms with Crippen LogP contribution >= 0.6 is 23.2 Å². The van der Waals surface area contributed by atoms with E-state index in [1.54, 1.807) is 42.5 Å². The van der Waals surface area contributed by atoms with Crippen LogP contribution in [0, 0.1) is 5.92 Å². The van der Waals surface area contributed by atoms with Crippen LogP contribution in [0.4, 0.5) is 0 Å². The van der Waals surface area contributed by atoms with Gasteiger partial charge in [0.1, 0.15) is 10.6 Å². The van der Waals surface area contributed by atoms with Gasteiger partial charge in [0.15, 0.2) is 5.65 Å². The molecule has 5 nitrogen and oxygen atoms in total. The lowest BCUT2D eigenvalue weighted by Crippen LogP contribution is -2.39. The van der Waals surface area contributed by atoms with E-state index in [1.165, 1.54) is 0 Å². The molecule has 1 aliphatic carbocycles. The van der Waals surface area contributed by atoms with Gasteiger partial charge in [-0.2, -0.15) is 0 Å². The number of carbonyl (C=O) groups is 2. The second-order valence-electron chi connectivity index (χ2n) is 5.43. The molecular weight excluding hydrogens is 337 g/mol. The van der Waals surface area contributed by atoms with Gasteiger partial charge in [-0.1, -0.05) is 35.4 Å². The van der Waals surface area contributed by atoms with Crippen LogP contribution in [0.25, 0.3) is 11.0 Å². The summed E-state index contributed by atoms with van der Waals surface area (Å²) in [6.45, 7) is 0. The van der Waals surface area contributed by atoms with E-state index in [0.717, 1.165) is 5.39 Å². The van der Waals surface area contributed by atoms with Crippen LogP contribution in [-0.2, 0) is 15.0 Å². The van der Waals surface area contributed by atoms with Gasteiger partial charge in [0, 0.05) is 10.4 Å². The highest BCUT2D eigenvalue weighted by molar-refractivity contribution is 6.32. The van der Waals surface area contributed by atoms with Crippen LogP contribution < -0.4 is 5.32 Å². The number of halogens is 2. The third-order valence-electron chi connectivity index (χ3n) is 4.16. The highest BCUT2D eigenvalue weighted by Gasteiger charge is 2.56. The highest BCUT2D eigenvalue weighted by Crippen LogP contribution is 2.42. The Morgan fingerprint density at radius 2 is 1.87 bits per heavy atom. The predicted octanol–water partition coefficient (Wildman–Crippen LogP) is 2.49. The second-order valence-corrected chi connectivity index (χ2v) is 6.25. The summed E-state index contributed by atoms with van der Waals surface area (Å²) >= 11 is 11.9. The van der Waals surface area contributed by atoms with Crippen molar-refractivity contribution in [3.05, 3.63) is 58.4 Å². The Morgan fingerprint density at radius 3 is 2.70 bits per heavy atom. The molecule has 7 heteroatoms.